The minimum absolute atomic E-state index is 0.511. The molecule has 0 amide bonds. The molecule has 1 fully saturated rings. The topological polar surface area (TPSA) is 38.0 Å². The highest BCUT2D eigenvalue weighted by molar-refractivity contribution is 9.10. The summed E-state index contributed by atoms with van der Waals surface area (Å²) >= 11 is 3.47. The van der Waals surface area contributed by atoms with E-state index in [1.807, 2.05) is 12.1 Å². The second kappa shape index (κ2) is 5.40. The molecule has 1 saturated carbocycles. The van der Waals surface area contributed by atoms with Crippen molar-refractivity contribution in [2.45, 2.75) is 39.2 Å². The summed E-state index contributed by atoms with van der Waals surface area (Å²) in [5.74, 6) is 0. The van der Waals surface area contributed by atoms with E-state index in [0.29, 0.717) is 5.41 Å². The highest BCUT2D eigenvalue weighted by Gasteiger charge is 2.27. The normalized spacial score (nSPS) is 18.5. The van der Waals surface area contributed by atoms with Crippen molar-refractivity contribution in [3.05, 3.63) is 28.2 Å². The molecule has 0 unspecified atom stereocenters. The molecule has 0 aliphatic heterocycles. The fourth-order valence-corrected chi connectivity index (χ4v) is 3.25. The Morgan fingerprint density at radius 3 is 2.65 bits per heavy atom. The average molecular weight is 297 g/mol. The number of anilines is 1. The first-order valence-corrected chi connectivity index (χ1v) is 7.12. The Balaban J connectivity index is 1.85. The summed E-state index contributed by atoms with van der Waals surface area (Å²) in [6.45, 7) is 4.40. The third kappa shape index (κ3) is 3.71. The van der Waals surface area contributed by atoms with Gasteiger partial charge in [-0.15, -0.1) is 0 Å². The lowest BCUT2D eigenvalue weighted by molar-refractivity contribution is 0.314. The molecule has 3 heteroatoms. The molecule has 0 spiro atoms. The number of nitrogen functional groups attached to an aromatic ring is 1. The van der Waals surface area contributed by atoms with E-state index >= 15 is 0 Å². The molecule has 0 aromatic heterocycles. The van der Waals surface area contributed by atoms with E-state index in [-0.39, 0.29) is 0 Å². The van der Waals surface area contributed by atoms with Crippen LogP contribution in [0.4, 0.5) is 5.69 Å². The Kier molecular flexibility index (Phi) is 4.10. The van der Waals surface area contributed by atoms with Gasteiger partial charge in [0.2, 0.25) is 0 Å². The van der Waals surface area contributed by atoms with Crippen molar-refractivity contribution in [3.8, 4) is 0 Å². The lowest BCUT2D eigenvalue weighted by Crippen LogP contribution is -2.29. The van der Waals surface area contributed by atoms with Crippen LogP contribution in [-0.4, -0.2) is 6.54 Å². The fraction of sp³-hybridized carbons (Fsp3) is 0.571. The Hall–Kier alpha value is -0.540. The molecule has 1 aliphatic carbocycles. The second-order valence-corrected chi connectivity index (χ2v) is 6.43. The maximum absolute atomic E-state index is 5.82. The van der Waals surface area contributed by atoms with Gasteiger partial charge in [0.1, 0.15) is 0 Å². The third-order valence-electron chi connectivity index (χ3n) is 3.67. The molecule has 1 aliphatic rings. The minimum Gasteiger partial charge on any atom is -0.399 e. The van der Waals surface area contributed by atoms with Gasteiger partial charge >= 0.3 is 0 Å². The standard InChI is InChI=1S/C14H21BrN2/c1-14(4-2-3-5-14)10-17-9-11-6-12(15)8-13(16)7-11/h6-8,17H,2-5,9-10,16H2,1H3. The Bertz CT molecular complexity index is 364. The third-order valence-corrected chi connectivity index (χ3v) is 4.13. The van der Waals surface area contributed by atoms with Crippen LogP contribution in [0.15, 0.2) is 22.7 Å². The number of hydrogen-bond acceptors (Lipinski definition) is 2. The zero-order chi connectivity index (χ0) is 12.3. The Morgan fingerprint density at radius 2 is 2.00 bits per heavy atom. The average Bonchev–Trinajstić information content (AvgIpc) is 2.64. The first-order valence-electron chi connectivity index (χ1n) is 6.33. The zero-order valence-electron chi connectivity index (χ0n) is 10.4. The zero-order valence-corrected chi connectivity index (χ0v) is 12.0. The van der Waals surface area contributed by atoms with E-state index in [4.69, 9.17) is 5.73 Å². The number of halogens is 1. The Labute approximate surface area is 112 Å². The van der Waals surface area contributed by atoms with Crippen molar-refractivity contribution in [1.29, 1.82) is 0 Å². The van der Waals surface area contributed by atoms with Gasteiger partial charge in [-0.1, -0.05) is 35.7 Å². The van der Waals surface area contributed by atoms with Gasteiger partial charge in [0.05, 0.1) is 0 Å². The first kappa shape index (κ1) is 12.9. The van der Waals surface area contributed by atoms with E-state index < -0.39 is 0 Å². The molecule has 1 aromatic rings. The summed E-state index contributed by atoms with van der Waals surface area (Å²) in [5, 5.41) is 3.56. The maximum Gasteiger partial charge on any atom is 0.0328 e. The van der Waals surface area contributed by atoms with Crippen LogP contribution in [-0.2, 0) is 6.54 Å². The highest BCUT2D eigenvalue weighted by atomic mass is 79.9. The van der Waals surface area contributed by atoms with Crippen molar-refractivity contribution >= 4 is 21.6 Å². The van der Waals surface area contributed by atoms with Gasteiger partial charge in [-0.05, 0) is 42.0 Å². The van der Waals surface area contributed by atoms with Gasteiger partial charge in [-0.2, -0.15) is 0 Å². The molecular weight excluding hydrogens is 276 g/mol. The van der Waals surface area contributed by atoms with Crippen molar-refractivity contribution in [1.82, 2.24) is 5.32 Å². The molecule has 17 heavy (non-hydrogen) atoms. The van der Waals surface area contributed by atoms with Crippen LogP contribution in [0.25, 0.3) is 0 Å². The molecule has 2 rings (SSSR count). The predicted molar refractivity (Wildman–Crippen MR) is 76.8 cm³/mol. The SMILES string of the molecule is CC1(CNCc2cc(N)cc(Br)c2)CCCC1. The van der Waals surface area contributed by atoms with Crippen LogP contribution in [0, 0.1) is 5.41 Å². The van der Waals surface area contributed by atoms with E-state index in [1.54, 1.807) is 0 Å². The summed E-state index contributed by atoms with van der Waals surface area (Å²) < 4.78 is 1.06. The number of rotatable bonds is 4. The van der Waals surface area contributed by atoms with Crippen LogP contribution in [0.2, 0.25) is 0 Å². The molecule has 0 atom stereocenters. The summed E-state index contributed by atoms with van der Waals surface area (Å²) in [7, 11) is 0. The lowest BCUT2D eigenvalue weighted by Gasteiger charge is -2.23. The smallest absolute Gasteiger partial charge is 0.0328 e. The van der Waals surface area contributed by atoms with Gasteiger partial charge in [0.25, 0.3) is 0 Å². The largest absolute Gasteiger partial charge is 0.399 e. The van der Waals surface area contributed by atoms with Crippen molar-refractivity contribution in [2.24, 2.45) is 5.41 Å². The second-order valence-electron chi connectivity index (χ2n) is 5.51. The van der Waals surface area contributed by atoms with E-state index in [0.717, 1.165) is 23.2 Å². The molecule has 0 saturated heterocycles. The number of nitrogens with two attached hydrogens (primary N) is 1. The molecule has 3 N–H and O–H groups in total. The summed E-state index contributed by atoms with van der Waals surface area (Å²) in [6.07, 6.45) is 5.51. The maximum atomic E-state index is 5.82. The molecular formula is C14H21BrN2. The summed E-state index contributed by atoms with van der Waals surface area (Å²) in [5.41, 5.74) is 8.40. The quantitative estimate of drug-likeness (QED) is 0.832. The minimum atomic E-state index is 0.511. The monoisotopic (exact) mass is 296 g/mol. The van der Waals surface area contributed by atoms with E-state index in [1.165, 1.54) is 31.2 Å². The molecule has 0 heterocycles. The number of nitrogens with one attached hydrogen (secondary N) is 1. The van der Waals surface area contributed by atoms with Gasteiger partial charge in [-0.3, -0.25) is 0 Å². The molecule has 0 bridgehead atoms. The van der Waals surface area contributed by atoms with E-state index in [9.17, 15) is 0 Å². The van der Waals surface area contributed by atoms with Gasteiger partial charge in [0.15, 0.2) is 0 Å². The van der Waals surface area contributed by atoms with Crippen LogP contribution in [0.1, 0.15) is 38.2 Å². The molecule has 2 nitrogen and oxygen atoms in total. The lowest BCUT2D eigenvalue weighted by atomic mass is 9.89. The van der Waals surface area contributed by atoms with E-state index in [2.05, 4.69) is 34.2 Å². The number of benzene rings is 1. The van der Waals surface area contributed by atoms with Crippen LogP contribution >= 0.6 is 15.9 Å². The van der Waals surface area contributed by atoms with Crippen molar-refractivity contribution in [2.75, 3.05) is 12.3 Å². The van der Waals surface area contributed by atoms with Crippen molar-refractivity contribution in [3.63, 3.8) is 0 Å². The molecule has 94 valence electrons. The molecule has 1 aromatic carbocycles. The van der Waals surface area contributed by atoms with Crippen LogP contribution < -0.4 is 11.1 Å². The highest BCUT2D eigenvalue weighted by Crippen LogP contribution is 2.36. The van der Waals surface area contributed by atoms with Gasteiger partial charge in [0, 0.05) is 23.2 Å². The van der Waals surface area contributed by atoms with Crippen molar-refractivity contribution < 1.29 is 0 Å². The van der Waals surface area contributed by atoms with Gasteiger partial charge < -0.3 is 11.1 Å². The van der Waals surface area contributed by atoms with Crippen LogP contribution in [0.3, 0.4) is 0 Å². The van der Waals surface area contributed by atoms with Crippen LogP contribution in [0.5, 0.6) is 0 Å². The number of hydrogen-bond donors (Lipinski definition) is 2. The Morgan fingerprint density at radius 1 is 1.29 bits per heavy atom. The predicted octanol–water partition coefficient (Wildman–Crippen LogP) is 3.70. The van der Waals surface area contributed by atoms with Gasteiger partial charge in [-0.25, -0.2) is 0 Å². The first-order chi connectivity index (χ1) is 8.07. The fourth-order valence-electron chi connectivity index (χ4n) is 2.69. The molecule has 0 radical (unpaired) electrons. The summed E-state index contributed by atoms with van der Waals surface area (Å²) in [4.78, 5) is 0. The summed E-state index contributed by atoms with van der Waals surface area (Å²) in [6, 6.07) is 6.09.